The number of amides is 1. The lowest BCUT2D eigenvalue weighted by atomic mass is 10.1. The normalized spacial score (nSPS) is 21.7. The highest BCUT2D eigenvalue weighted by molar-refractivity contribution is 7.99. The van der Waals surface area contributed by atoms with Gasteiger partial charge in [0.15, 0.2) is 0 Å². The minimum Gasteiger partial charge on any atom is -0.349 e. The first-order valence-electron chi connectivity index (χ1n) is 6.29. The molecule has 5 nitrogen and oxygen atoms in total. The zero-order valence-corrected chi connectivity index (χ0v) is 12.5. The average Bonchev–Trinajstić information content (AvgIpc) is 2.85. The van der Waals surface area contributed by atoms with Crippen LogP contribution in [-0.4, -0.2) is 28.4 Å². The Morgan fingerprint density at radius 3 is 2.85 bits per heavy atom. The number of carbonyl (C=O) groups excluding carboxylic acids is 1. The van der Waals surface area contributed by atoms with Crippen LogP contribution in [-0.2, 0) is 0 Å². The molecule has 0 heterocycles. The molecule has 0 radical (unpaired) electrons. The summed E-state index contributed by atoms with van der Waals surface area (Å²) in [5, 5.41) is 14.7. The number of halogens is 1. The molecule has 0 bridgehead atoms. The molecule has 1 saturated carbocycles. The molecule has 1 aliphatic rings. The van der Waals surface area contributed by atoms with Gasteiger partial charge in [-0.3, -0.25) is 14.9 Å². The summed E-state index contributed by atoms with van der Waals surface area (Å²) in [7, 11) is 0. The van der Waals surface area contributed by atoms with Crippen LogP contribution in [0.3, 0.4) is 0 Å². The van der Waals surface area contributed by atoms with Crippen LogP contribution in [0.15, 0.2) is 18.2 Å². The Hall–Kier alpha value is -1.27. The van der Waals surface area contributed by atoms with Crippen molar-refractivity contribution in [3.05, 3.63) is 38.9 Å². The summed E-state index contributed by atoms with van der Waals surface area (Å²) in [5.74, 6) is -0.425. The third-order valence-electron chi connectivity index (χ3n) is 3.45. The summed E-state index contributed by atoms with van der Waals surface area (Å²) in [6.45, 7) is 0. The van der Waals surface area contributed by atoms with Crippen molar-refractivity contribution in [1.29, 1.82) is 0 Å². The number of hydrogen-bond donors (Lipinski definition) is 1. The number of rotatable bonds is 4. The highest BCUT2D eigenvalue weighted by Crippen LogP contribution is 2.29. The third-order valence-corrected chi connectivity index (χ3v) is 4.78. The van der Waals surface area contributed by atoms with E-state index in [0.717, 1.165) is 19.3 Å². The van der Waals surface area contributed by atoms with Crippen LogP contribution in [0.4, 0.5) is 5.69 Å². The van der Waals surface area contributed by atoms with Gasteiger partial charge in [0.2, 0.25) is 0 Å². The Balaban J connectivity index is 2.13. The molecule has 1 fully saturated rings. The van der Waals surface area contributed by atoms with E-state index in [1.54, 1.807) is 11.8 Å². The molecule has 2 unspecified atom stereocenters. The minimum atomic E-state index is -0.565. The molecular formula is C13H15ClN2O3S. The summed E-state index contributed by atoms with van der Waals surface area (Å²) < 4.78 is 0. The minimum absolute atomic E-state index is 0.0232. The summed E-state index contributed by atoms with van der Waals surface area (Å²) in [6, 6.07) is 4.10. The maximum absolute atomic E-state index is 12.2. The van der Waals surface area contributed by atoms with Gasteiger partial charge in [-0.25, -0.2) is 0 Å². The summed E-state index contributed by atoms with van der Waals surface area (Å²) in [4.78, 5) is 22.6. The van der Waals surface area contributed by atoms with Crippen molar-refractivity contribution in [2.45, 2.75) is 30.6 Å². The number of nitro benzene ring substituents is 1. The lowest BCUT2D eigenvalue weighted by Gasteiger charge is -2.13. The predicted molar refractivity (Wildman–Crippen MR) is 80.5 cm³/mol. The van der Waals surface area contributed by atoms with E-state index < -0.39 is 10.8 Å². The molecule has 1 amide bonds. The van der Waals surface area contributed by atoms with Crippen LogP contribution >= 0.6 is 23.4 Å². The molecule has 2 rings (SSSR count). The molecule has 0 aliphatic heterocycles. The molecule has 1 N–H and O–H groups in total. The molecule has 1 aromatic rings. The maximum atomic E-state index is 12.2. The second kappa shape index (κ2) is 6.45. The summed E-state index contributed by atoms with van der Waals surface area (Å²) in [6.07, 6.45) is 4.92. The monoisotopic (exact) mass is 314 g/mol. The van der Waals surface area contributed by atoms with Crippen molar-refractivity contribution in [2.75, 3.05) is 6.26 Å². The largest absolute Gasteiger partial charge is 0.349 e. The van der Waals surface area contributed by atoms with Crippen LogP contribution < -0.4 is 5.32 Å². The van der Waals surface area contributed by atoms with Gasteiger partial charge >= 0.3 is 0 Å². The Labute approximate surface area is 126 Å². The molecule has 0 aromatic heterocycles. The Bertz CT molecular complexity index is 538. The smallest absolute Gasteiger partial charge is 0.282 e. The van der Waals surface area contributed by atoms with Crippen LogP contribution in [0, 0.1) is 10.1 Å². The highest BCUT2D eigenvalue weighted by atomic mass is 35.5. The molecule has 108 valence electrons. The number of nitro groups is 1. The molecule has 0 saturated heterocycles. The standard InChI is InChI=1S/C13H15ClN2O3S/c1-20-10-4-3-9(7-10)15-13(17)11-6-8(14)2-5-12(11)16(18)19/h2,5-6,9-10H,3-4,7H2,1H3,(H,15,17). The lowest BCUT2D eigenvalue weighted by molar-refractivity contribution is -0.385. The second-order valence-electron chi connectivity index (χ2n) is 4.76. The van der Waals surface area contributed by atoms with E-state index in [0.29, 0.717) is 10.3 Å². The van der Waals surface area contributed by atoms with Gasteiger partial charge in [0.1, 0.15) is 5.56 Å². The number of nitrogens with zero attached hydrogens (tertiary/aromatic N) is 1. The van der Waals surface area contributed by atoms with Crippen molar-refractivity contribution >= 4 is 35.0 Å². The summed E-state index contributed by atoms with van der Waals surface area (Å²) in [5.41, 5.74) is -0.193. The SMILES string of the molecule is CSC1CCC(NC(=O)c2cc(Cl)ccc2[N+](=O)[O-])C1. The van der Waals surface area contributed by atoms with Crippen molar-refractivity contribution < 1.29 is 9.72 Å². The summed E-state index contributed by atoms with van der Waals surface area (Å²) >= 11 is 7.61. The zero-order chi connectivity index (χ0) is 14.7. The average molecular weight is 315 g/mol. The predicted octanol–water partition coefficient (Wildman–Crippen LogP) is 3.26. The fourth-order valence-corrected chi connectivity index (χ4v) is 3.37. The van der Waals surface area contributed by atoms with Crippen LogP contribution in [0.2, 0.25) is 5.02 Å². The van der Waals surface area contributed by atoms with Gasteiger partial charge in [0.25, 0.3) is 11.6 Å². The first kappa shape index (κ1) is 15.1. The lowest BCUT2D eigenvalue weighted by Crippen LogP contribution is -2.33. The Morgan fingerprint density at radius 1 is 1.50 bits per heavy atom. The van der Waals surface area contributed by atoms with Gasteiger partial charge in [0, 0.05) is 22.4 Å². The van der Waals surface area contributed by atoms with E-state index in [4.69, 9.17) is 11.6 Å². The molecule has 7 heteroatoms. The van der Waals surface area contributed by atoms with Gasteiger partial charge in [-0.15, -0.1) is 0 Å². The van der Waals surface area contributed by atoms with Gasteiger partial charge in [-0.2, -0.15) is 11.8 Å². The highest BCUT2D eigenvalue weighted by Gasteiger charge is 2.28. The molecule has 0 spiro atoms. The second-order valence-corrected chi connectivity index (χ2v) is 6.33. The van der Waals surface area contributed by atoms with E-state index in [2.05, 4.69) is 11.6 Å². The van der Waals surface area contributed by atoms with Crippen molar-refractivity contribution in [3.8, 4) is 0 Å². The van der Waals surface area contributed by atoms with Gasteiger partial charge in [-0.05, 0) is 37.7 Å². The van der Waals surface area contributed by atoms with E-state index in [9.17, 15) is 14.9 Å². The van der Waals surface area contributed by atoms with Crippen LogP contribution in [0.5, 0.6) is 0 Å². The van der Waals surface area contributed by atoms with Gasteiger partial charge < -0.3 is 5.32 Å². The van der Waals surface area contributed by atoms with E-state index in [1.165, 1.54) is 18.2 Å². The number of nitrogens with one attached hydrogen (secondary N) is 1. The van der Waals surface area contributed by atoms with E-state index in [1.807, 2.05) is 0 Å². The van der Waals surface area contributed by atoms with Crippen molar-refractivity contribution in [3.63, 3.8) is 0 Å². The van der Waals surface area contributed by atoms with Crippen molar-refractivity contribution in [1.82, 2.24) is 5.32 Å². The zero-order valence-electron chi connectivity index (χ0n) is 11.0. The maximum Gasteiger partial charge on any atom is 0.282 e. The first-order valence-corrected chi connectivity index (χ1v) is 7.95. The Morgan fingerprint density at radius 2 is 2.25 bits per heavy atom. The number of thioether (sulfide) groups is 1. The fraction of sp³-hybridized carbons (Fsp3) is 0.462. The quantitative estimate of drug-likeness (QED) is 0.684. The molecule has 1 aliphatic carbocycles. The first-order chi connectivity index (χ1) is 9.51. The molecular weight excluding hydrogens is 300 g/mol. The third kappa shape index (κ3) is 3.43. The van der Waals surface area contributed by atoms with Gasteiger partial charge in [-0.1, -0.05) is 11.6 Å². The topological polar surface area (TPSA) is 72.2 Å². The van der Waals surface area contributed by atoms with E-state index in [-0.39, 0.29) is 17.3 Å². The number of benzene rings is 1. The molecule has 1 aromatic carbocycles. The number of carbonyl (C=O) groups is 1. The van der Waals surface area contributed by atoms with Crippen LogP contribution in [0.25, 0.3) is 0 Å². The molecule has 20 heavy (non-hydrogen) atoms. The van der Waals surface area contributed by atoms with Crippen LogP contribution in [0.1, 0.15) is 29.6 Å². The van der Waals surface area contributed by atoms with E-state index >= 15 is 0 Å². The Kier molecular flexibility index (Phi) is 4.88. The number of hydrogen-bond acceptors (Lipinski definition) is 4. The van der Waals surface area contributed by atoms with Crippen molar-refractivity contribution in [2.24, 2.45) is 0 Å². The fourth-order valence-electron chi connectivity index (χ4n) is 2.40. The molecule has 2 atom stereocenters. The van der Waals surface area contributed by atoms with Gasteiger partial charge in [0.05, 0.1) is 4.92 Å².